The second-order valence-electron chi connectivity index (χ2n) is 8.48. The van der Waals surface area contributed by atoms with Crippen LogP contribution >= 0.6 is 0 Å². The maximum Gasteiger partial charge on any atom is 0.223 e. The molecule has 1 fully saturated rings. The van der Waals surface area contributed by atoms with Crippen molar-refractivity contribution in [2.75, 3.05) is 18.4 Å². The van der Waals surface area contributed by atoms with E-state index in [4.69, 9.17) is 4.98 Å². The molecule has 33 heavy (non-hydrogen) atoms. The molecule has 5 rings (SSSR count). The molecule has 2 aromatic heterocycles. The van der Waals surface area contributed by atoms with E-state index < -0.39 is 0 Å². The molecule has 3 heterocycles. The fourth-order valence-electron chi connectivity index (χ4n) is 4.35. The summed E-state index contributed by atoms with van der Waals surface area (Å²) in [5.41, 5.74) is 3.06. The van der Waals surface area contributed by atoms with E-state index in [1.54, 1.807) is 24.5 Å². The Balaban J connectivity index is 1.33. The minimum Gasteiger partial charge on any atom is -0.351 e. The largest absolute Gasteiger partial charge is 0.351 e. The Kier molecular flexibility index (Phi) is 6.13. The van der Waals surface area contributed by atoms with Crippen molar-refractivity contribution in [2.45, 2.75) is 25.4 Å². The first-order chi connectivity index (χ1) is 16.2. The summed E-state index contributed by atoms with van der Waals surface area (Å²) in [5, 5.41) is 3.50. The molecule has 0 unspecified atom stereocenters. The number of halogens is 1. The molecule has 1 aliphatic rings. The lowest BCUT2D eigenvalue weighted by atomic mass is 10.0. The zero-order valence-corrected chi connectivity index (χ0v) is 18.7. The molecule has 0 aliphatic carbocycles. The minimum absolute atomic E-state index is 0.297. The van der Waals surface area contributed by atoms with E-state index in [2.05, 4.69) is 50.5 Å². The van der Waals surface area contributed by atoms with Gasteiger partial charge in [-0.05, 0) is 24.5 Å². The topological polar surface area (TPSA) is 58.9 Å². The van der Waals surface area contributed by atoms with Crippen molar-refractivity contribution in [1.82, 2.24) is 24.4 Å². The SMILES string of the molecule is Cn1ccnc1-c1nc(NC2CCN(Cc3ccccc3)CC2)ncc1-c1ccccc1F. The lowest BCUT2D eigenvalue weighted by Gasteiger charge is -2.32. The molecular weight excluding hydrogens is 415 g/mol. The molecule has 7 heteroatoms. The van der Waals surface area contributed by atoms with Crippen LogP contribution in [0.5, 0.6) is 0 Å². The summed E-state index contributed by atoms with van der Waals surface area (Å²) in [7, 11) is 1.91. The van der Waals surface area contributed by atoms with E-state index in [1.807, 2.05) is 23.9 Å². The highest BCUT2D eigenvalue weighted by Gasteiger charge is 2.22. The Morgan fingerprint density at radius 2 is 1.73 bits per heavy atom. The molecule has 0 saturated carbocycles. The molecular formula is C26H27FN6. The highest BCUT2D eigenvalue weighted by Crippen LogP contribution is 2.31. The van der Waals surface area contributed by atoms with Gasteiger partial charge < -0.3 is 9.88 Å². The van der Waals surface area contributed by atoms with Gasteiger partial charge in [-0.1, -0.05) is 48.5 Å². The smallest absolute Gasteiger partial charge is 0.223 e. The number of piperidine rings is 1. The number of anilines is 1. The van der Waals surface area contributed by atoms with Crippen LogP contribution in [-0.2, 0) is 13.6 Å². The zero-order chi connectivity index (χ0) is 22.6. The third-order valence-electron chi connectivity index (χ3n) is 6.16. The van der Waals surface area contributed by atoms with Gasteiger partial charge in [0.05, 0.1) is 0 Å². The van der Waals surface area contributed by atoms with Crippen LogP contribution in [0.3, 0.4) is 0 Å². The second kappa shape index (κ2) is 9.50. The molecule has 168 valence electrons. The van der Waals surface area contributed by atoms with E-state index in [1.165, 1.54) is 11.6 Å². The van der Waals surface area contributed by atoms with Crippen molar-refractivity contribution in [3.63, 3.8) is 0 Å². The summed E-state index contributed by atoms with van der Waals surface area (Å²) in [5.74, 6) is 0.925. The number of benzene rings is 2. The third kappa shape index (κ3) is 4.78. The van der Waals surface area contributed by atoms with Crippen molar-refractivity contribution >= 4 is 5.95 Å². The van der Waals surface area contributed by atoms with Crippen molar-refractivity contribution < 1.29 is 4.39 Å². The maximum atomic E-state index is 14.6. The van der Waals surface area contributed by atoms with Gasteiger partial charge in [-0.3, -0.25) is 4.90 Å². The van der Waals surface area contributed by atoms with Crippen LogP contribution in [0.2, 0.25) is 0 Å². The number of likely N-dealkylation sites (tertiary alicyclic amines) is 1. The van der Waals surface area contributed by atoms with Crippen molar-refractivity contribution in [3.05, 3.63) is 84.6 Å². The van der Waals surface area contributed by atoms with E-state index >= 15 is 0 Å². The number of nitrogens with one attached hydrogen (secondary N) is 1. The highest BCUT2D eigenvalue weighted by atomic mass is 19.1. The molecule has 0 radical (unpaired) electrons. The van der Waals surface area contributed by atoms with Gasteiger partial charge in [0.2, 0.25) is 5.95 Å². The summed E-state index contributed by atoms with van der Waals surface area (Å²) in [6, 6.07) is 17.6. The van der Waals surface area contributed by atoms with E-state index in [0.717, 1.165) is 32.5 Å². The number of rotatable bonds is 6. The van der Waals surface area contributed by atoms with Crippen LogP contribution in [-0.4, -0.2) is 43.6 Å². The van der Waals surface area contributed by atoms with Crippen molar-refractivity contribution in [1.29, 1.82) is 0 Å². The van der Waals surface area contributed by atoms with Gasteiger partial charge in [-0.2, -0.15) is 0 Å². The minimum atomic E-state index is -0.303. The van der Waals surface area contributed by atoms with Crippen LogP contribution in [0.1, 0.15) is 18.4 Å². The predicted molar refractivity (Wildman–Crippen MR) is 128 cm³/mol. The normalized spacial score (nSPS) is 15.0. The van der Waals surface area contributed by atoms with Gasteiger partial charge in [0.25, 0.3) is 0 Å². The lowest BCUT2D eigenvalue weighted by Crippen LogP contribution is -2.39. The average molecular weight is 443 g/mol. The number of imidazole rings is 1. The molecule has 1 saturated heterocycles. The van der Waals surface area contributed by atoms with Gasteiger partial charge >= 0.3 is 0 Å². The molecule has 0 bridgehead atoms. The van der Waals surface area contributed by atoms with Gasteiger partial charge in [0.1, 0.15) is 11.5 Å². The van der Waals surface area contributed by atoms with Gasteiger partial charge in [-0.25, -0.2) is 19.3 Å². The van der Waals surface area contributed by atoms with Crippen molar-refractivity contribution in [3.8, 4) is 22.6 Å². The van der Waals surface area contributed by atoms with Gasteiger partial charge in [0.15, 0.2) is 5.82 Å². The zero-order valence-electron chi connectivity index (χ0n) is 18.7. The van der Waals surface area contributed by atoms with Gasteiger partial charge in [-0.15, -0.1) is 0 Å². The number of hydrogen-bond donors (Lipinski definition) is 1. The molecule has 0 atom stereocenters. The van der Waals surface area contributed by atoms with Crippen LogP contribution in [0.4, 0.5) is 10.3 Å². The Morgan fingerprint density at radius 1 is 0.970 bits per heavy atom. The number of aromatic nitrogens is 4. The maximum absolute atomic E-state index is 14.6. The second-order valence-corrected chi connectivity index (χ2v) is 8.48. The first kappa shape index (κ1) is 21.3. The predicted octanol–water partition coefficient (Wildman–Crippen LogP) is 4.76. The summed E-state index contributed by atoms with van der Waals surface area (Å²) in [6.45, 7) is 3.02. The third-order valence-corrected chi connectivity index (χ3v) is 6.16. The number of hydrogen-bond acceptors (Lipinski definition) is 5. The standard InChI is InChI=1S/C26H27FN6/c1-32-16-13-28-25(32)24-22(21-9-5-6-10-23(21)27)17-29-26(31-24)30-20-11-14-33(15-12-20)18-19-7-3-2-4-8-19/h2-10,13,16-17,20H,11-12,14-15,18H2,1H3,(H,29,30,31). The Hall–Kier alpha value is -3.58. The molecule has 0 spiro atoms. The average Bonchev–Trinajstić information content (AvgIpc) is 3.27. The Labute approximate surface area is 193 Å². The lowest BCUT2D eigenvalue weighted by molar-refractivity contribution is 0.211. The quantitative estimate of drug-likeness (QED) is 0.467. The van der Waals surface area contributed by atoms with E-state index in [0.29, 0.717) is 34.6 Å². The van der Waals surface area contributed by atoms with E-state index in [9.17, 15) is 4.39 Å². The first-order valence-electron chi connectivity index (χ1n) is 11.3. The number of nitrogens with zero attached hydrogens (tertiary/aromatic N) is 5. The molecule has 0 amide bonds. The van der Waals surface area contributed by atoms with Gasteiger partial charge in [0, 0.05) is 62.4 Å². The summed E-state index contributed by atoms with van der Waals surface area (Å²) in [4.78, 5) is 16.3. The first-order valence-corrected chi connectivity index (χ1v) is 11.3. The summed E-state index contributed by atoms with van der Waals surface area (Å²) < 4.78 is 16.4. The molecule has 6 nitrogen and oxygen atoms in total. The molecule has 4 aromatic rings. The Bertz CT molecular complexity index is 1210. The summed E-state index contributed by atoms with van der Waals surface area (Å²) >= 11 is 0. The summed E-state index contributed by atoms with van der Waals surface area (Å²) in [6.07, 6.45) is 7.31. The fourth-order valence-corrected chi connectivity index (χ4v) is 4.35. The van der Waals surface area contributed by atoms with Crippen molar-refractivity contribution in [2.24, 2.45) is 7.05 Å². The van der Waals surface area contributed by atoms with E-state index in [-0.39, 0.29) is 5.82 Å². The van der Waals surface area contributed by atoms with Crippen LogP contribution in [0, 0.1) is 5.82 Å². The van der Waals surface area contributed by atoms with Crippen LogP contribution < -0.4 is 5.32 Å². The molecule has 1 N–H and O–H groups in total. The Morgan fingerprint density at radius 3 is 2.45 bits per heavy atom. The van der Waals surface area contributed by atoms with Crippen LogP contribution in [0.25, 0.3) is 22.6 Å². The monoisotopic (exact) mass is 442 g/mol. The fraction of sp³-hybridized carbons (Fsp3) is 0.269. The molecule has 1 aliphatic heterocycles. The highest BCUT2D eigenvalue weighted by molar-refractivity contribution is 5.78. The number of aryl methyl sites for hydroxylation is 1. The molecule has 2 aromatic carbocycles. The van der Waals surface area contributed by atoms with Crippen LogP contribution in [0.15, 0.2) is 73.2 Å².